The summed E-state index contributed by atoms with van der Waals surface area (Å²) >= 11 is 2.72. The number of hydrogen-bond acceptors (Lipinski definition) is 7. The molecule has 6 nitrogen and oxygen atoms in total. The molecule has 138 valence electrons. The SMILES string of the molecule is CC(Sc1nncn1-c1ccccc1)/C(O)=C(\C#N)c1nc2ccccc2s1. The molecule has 8 heteroatoms. The van der Waals surface area contributed by atoms with E-state index >= 15 is 0 Å². The van der Waals surface area contributed by atoms with Gasteiger partial charge in [-0.3, -0.25) is 4.57 Å². The van der Waals surface area contributed by atoms with Crippen molar-refractivity contribution in [2.75, 3.05) is 0 Å². The number of aromatic nitrogens is 4. The van der Waals surface area contributed by atoms with Crippen LogP contribution in [-0.2, 0) is 0 Å². The summed E-state index contributed by atoms with van der Waals surface area (Å²) in [4.78, 5) is 4.49. The van der Waals surface area contributed by atoms with E-state index in [4.69, 9.17) is 0 Å². The van der Waals surface area contributed by atoms with Crippen LogP contribution in [0, 0.1) is 11.3 Å². The number of para-hydroxylation sites is 2. The Kier molecular flexibility index (Phi) is 5.10. The van der Waals surface area contributed by atoms with Crippen molar-refractivity contribution in [3.63, 3.8) is 0 Å². The maximum absolute atomic E-state index is 10.8. The van der Waals surface area contributed by atoms with Gasteiger partial charge in [0.15, 0.2) is 5.16 Å². The van der Waals surface area contributed by atoms with Gasteiger partial charge in [0.05, 0.1) is 15.5 Å². The minimum atomic E-state index is -0.395. The minimum absolute atomic E-state index is 0.0193. The van der Waals surface area contributed by atoms with Crippen molar-refractivity contribution in [3.05, 3.63) is 71.7 Å². The molecular formula is C20H15N5OS2. The second-order valence-electron chi connectivity index (χ2n) is 5.94. The van der Waals surface area contributed by atoms with Gasteiger partial charge in [0, 0.05) is 5.69 Å². The molecule has 2 aromatic heterocycles. The van der Waals surface area contributed by atoms with Crippen molar-refractivity contribution < 1.29 is 5.11 Å². The fourth-order valence-corrected chi connectivity index (χ4v) is 4.56. The second kappa shape index (κ2) is 7.84. The first-order valence-corrected chi connectivity index (χ1v) is 10.2. The molecule has 4 aromatic rings. The molecule has 4 rings (SSSR count). The molecule has 0 saturated heterocycles. The predicted octanol–water partition coefficient (Wildman–Crippen LogP) is 4.85. The lowest BCUT2D eigenvalue weighted by molar-refractivity contribution is 0.402. The summed E-state index contributed by atoms with van der Waals surface area (Å²) < 4.78 is 2.82. The van der Waals surface area contributed by atoms with E-state index in [2.05, 4.69) is 21.3 Å². The van der Waals surface area contributed by atoms with Crippen molar-refractivity contribution in [3.8, 4) is 11.8 Å². The van der Waals surface area contributed by atoms with Gasteiger partial charge >= 0.3 is 0 Å². The van der Waals surface area contributed by atoms with E-state index in [1.54, 1.807) is 6.33 Å². The van der Waals surface area contributed by atoms with Crippen molar-refractivity contribution in [1.82, 2.24) is 19.7 Å². The fourth-order valence-electron chi connectivity index (χ4n) is 2.68. The first kappa shape index (κ1) is 18.2. The molecule has 1 unspecified atom stereocenters. The summed E-state index contributed by atoms with van der Waals surface area (Å²) in [6.45, 7) is 1.83. The predicted molar refractivity (Wildman–Crippen MR) is 111 cm³/mol. The monoisotopic (exact) mass is 405 g/mol. The molecule has 0 saturated carbocycles. The number of benzene rings is 2. The first-order valence-electron chi connectivity index (χ1n) is 8.48. The maximum Gasteiger partial charge on any atom is 0.196 e. The van der Waals surface area contributed by atoms with Crippen LogP contribution in [0.3, 0.4) is 0 Å². The third-order valence-corrected chi connectivity index (χ3v) is 6.21. The fraction of sp³-hybridized carbons (Fsp3) is 0.100. The molecule has 0 aliphatic rings. The molecular weight excluding hydrogens is 390 g/mol. The van der Waals surface area contributed by atoms with Crippen molar-refractivity contribution >= 4 is 38.9 Å². The Morgan fingerprint density at radius 3 is 2.68 bits per heavy atom. The van der Waals surface area contributed by atoms with Gasteiger partial charge in [-0.15, -0.1) is 21.5 Å². The normalized spacial score (nSPS) is 13.1. The van der Waals surface area contributed by atoms with Crippen LogP contribution in [-0.4, -0.2) is 30.1 Å². The van der Waals surface area contributed by atoms with Gasteiger partial charge in [0.25, 0.3) is 0 Å². The van der Waals surface area contributed by atoms with E-state index in [0.29, 0.717) is 10.2 Å². The highest BCUT2D eigenvalue weighted by Gasteiger charge is 2.21. The third-order valence-electron chi connectivity index (χ3n) is 4.09. The molecule has 0 aliphatic heterocycles. The van der Waals surface area contributed by atoms with Gasteiger partial charge in [-0.1, -0.05) is 42.1 Å². The van der Waals surface area contributed by atoms with Crippen LogP contribution in [0.15, 0.2) is 71.8 Å². The van der Waals surface area contributed by atoms with E-state index in [1.165, 1.54) is 23.1 Å². The van der Waals surface area contributed by atoms with Gasteiger partial charge in [-0.05, 0) is 31.2 Å². The number of aliphatic hydroxyl groups is 1. The number of hydrogen-bond donors (Lipinski definition) is 1. The molecule has 2 heterocycles. The zero-order valence-electron chi connectivity index (χ0n) is 14.9. The van der Waals surface area contributed by atoms with E-state index in [0.717, 1.165) is 15.9 Å². The Morgan fingerprint density at radius 1 is 1.18 bits per heavy atom. The second-order valence-corrected chi connectivity index (χ2v) is 8.28. The minimum Gasteiger partial charge on any atom is -0.510 e. The summed E-state index contributed by atoms with van der Waals surface area (Å²) in [5.41, 5.74) is 1.93. The number of aliphatic hydroxyl groups excluding tert-OH is 1. The number of fused-ring (bicyclic) bond motifs is 1. The molecule has 0 aliphatic carbocycles. The largest absolute Gasteiger partial charge is 0.510 e. The number of nitriles is 1. The number of allylic oxidation sites excluding steroid dienone is 1. The van der Waals surface area contributed by atoms with Gasteiger partial charge < -0.3 is 5.11 Å². The van der Waals surface area contributed by atoms with Crippen LogP contribution < -0.4 is 0 Å². The Morgan fingerprint density at radius 2 is 1.93 bits per heavy atom. The summed E-state index contributed by atoms with van der Waals surface area (Å²) in [7, 11) is 0. The zero-order valence-corrected chi connectivity index (χ0v) is 16.5. The van der Waals surface area contributed by atoms with Gasteiger partial charge in [0.1, 0.15) is 28.7 Å². The van der Waals surface area contributed by atoms with Crippen molar-refractivity contribution in [2.24, 2.45) is 0 Å². The topological polar surface area (TPSA) is 87.6 Å². The van der Waals surface area contributed by atoms with Crippen LogP contribution in [0.2, 0.25) is 0 Å². The van der Waals surface area contributed by atoms with E-state index < -0.39 is 5.25 Å². The van der Waals surface area contributed by atoms with Crippen LogP contribution in [0.25, 0.3) is 21.5 Å². The standard InChI is InChI=1S/C20H15N5OS2/c1-13(27-20-24-22-12-25(20)14-7-3-2-4-8-14)18(26)15(11-21)19-23-16-9-5-6-10-17(16)28-19/h2-10,12-13,26H,1H3/b18-15-. The number of rotatable bonds is 5. The maximum atomic E-state index is 10.8. The number of thioether (sulfide) groups is 1. The molecule has 2 aromatic carbocycles. The van der Waals surface area contributed by atoms with Crippen molar-refractivity contribution in [1.29, 1.82) is 5.26 Å². The van der Waals surface area contributed by atoms with Crippen LogP contribution in [0.4, 0.5) is 0 Å². The Balaban J connectivity index is 1.65. The van der Waals surface area contributed by atoms with Gasteiger partial charge in [0.2, 0.25) is 0 Å². The average molecular weight is 406 g/mol. The van der Waals surface area contributed by atoms with E-state index in [9.17, 15) is 10.4 Å². The lowest BCUT2D eigenvalue weighted by Crippen LogP contribution is -2.06. The van der Waals surface area contributed by atoms with Crippen LogP contribution in [0.5, 0.6) is 0 Å². The van der Waals surface area contributed by atoms with Crippen molar-refractivity contribution in [2.45, 2.75) is 17.3 Å². The lowest BCUT2D eigenvalue weighted by Gasteiger charge is -2.12. The lowest BCUT2D eigenvalue weighted by atomic mass is 10.2. The van der Waals surface area contributed by atoms with Crippen LogP contribution >= 0.6 is 23.1 Å². The molecule has 0 amide bonds. The molecule has 0 spiro atoms. The molecule has 28 heavy (non-hydrogen) atoms. The van der Waals surface area contributed by atoms with E-state index in [1.807, 2.05) is 66.1 Å². The zero-order chi connectivity index (χ0) is 19.5. The molecule has 1 N–H and O–H groups in total. The highest BCUT2D eigenvalue weighted by molar-refractivity contribution is 7.99. The molecule has 0 radical (unpaired) electrons. The molecule has 1 atom stereocenters. The first-order chi connectivity index (χ1) is 13.7. The summed E-state index contributed by atoms with van der Waals surface area (Å²) in [6.07, 6.45) is 1.63. The Hall–Kier alpha value is -3.15. The quantitative estimate of drug-likeness (QED) is 0.290. The highest BCUT2D eigenvalue weighted by atomic mass is 32.2. The van der Waals surface area contributed by atoms with Crippen LogP contribution in [0.1, 0.15) is 11.9 Å². The number of nitrogens with zero attached hydrogens (tertiary/aromatic N) is 5. The third kappa shape index (κ3) is 3.50. The molecule has 0 bridgehead atoms. The smallest absolute Gasteiger partial charge is 0.196 e. The average Bonchev–Trinajstić information content (AvgIpc) is 3.35. The summed E-state index contributed by atoms with van der Waals surface area (Å²) in [6, 6.07) is 19.5. The molecule has 0 fully saturated rings. The van der Waals surface area contributed by atoms with E-state index in [-0.39, 0.29) is 11.3 Å². The summed E-state index contributed by atoms with van der Waals surface area (Å²) in [5, 5.41) is 29.3. The van der Waals surface area contributed by atoms with Gasteiger partial charge in [-0.25, -0.2) is 4.98 Å². The summed E-state index contributed by atoms with van der Waals surface area (Å²) in [5.74, 6) is -0.0193. The van der Waals surface area contributed by atoms with Gasteiger partial charge in [-0.2, -0.15) is 5.26 Å². The Bertz CT molecular complexity index is 1160. The highest BCUT2D eigenvalue weighted by Crippen LogP contribution is 2.33. The number of thiazole rings is 1. The Labute approximate surface area is 169 Å².